The second-order valence-electron chi connectivity index (χ2n) is 7.84. The number of piperidine rings is 1. The van der Waals surface area contributed by atoms with Gasteiger partial charge in [0.25, 0.3) is 0 Å². The number of ether oxygens (including phenoxy) is 1. The van der Waals surface area contributed by atoms with Crippen LogP contribution in [0.2, 0.25) is 0 Å². The maximum atomic E-state index is 12.6. The molecule has 0 aromatic carbocycles. The van der Waals surface area contributed by atoms with Crippen molar-refractivity contribution in [3.63, 3.8) is 0 Å². The van der Waals surface area contributed by atoms with Crippen LogP contribution in [-0.4, -0.2) is 60.2 Å². The zero-order valence-electron chi connectivity index (χ0n) is 16.0. The van der Waals surface area contributed by atoms with Gasteiger partial charge in [-0.25, -0.2) is 5.06 Å². The molecular formula is C20H32N2O4. The lowest BCUT2D eigenvalue weighted by Gasteiger charge is -2.47. The van der Waals surface area contributed by atoms with Crippen LogP contribution in [0, 0.1) is 5.92 Å². The van der Waals surface area contributed by atoms with Gasteiger partial charge in [-0.1, -0.05) is 31.8 Å². The number of esters is 1. The first kappa shape index (κ1) is 19.4. The number of likely N-dealkylation sites (tertiary alicyclic amines) is 1. The molecule has 6 nitrogen and oxygen atoms in total. The van der Waals surface area contributed by atoms with Crippen molar-refractivity contribution >= 4 is 11.9 Å². The molecule has 26 heavy (non-hydrogen) atoms. The average Bonchev–Trinajstić information content (AvgIpc) is 2.85. The Labute approximate surface area is 156 Å². The second-order valence-corrected chi connectivity index (χ2v) is 7.84. The minimum absolute atomic E-state index is 0.120. The molecule has 0 N–H and O–H groups in total. The van der Waals surface area contributed by atoms with Crippen LogP contribution in [0.1, 0.15) is 57.8 Å². The van der Waals surface area contributed by atoms with E-state index in [0.29, 0.717) is 6.04 Å². The quantitative estimate of drug-likeness (QED) is 0.426. The van der Waals surface area contributed by atoms with Crippen LogP contribution in [0.3, 0.4) is 0 Å². The summed E-state index contributed by atoms with van der Waals surface area (Å²) in [6.07, 6.45) is 11.2. The largest absolute Gasteiger partial charge is 0.469 e. The first-order valence-electron chi connectivity index (χ1n) is 10.0. The number of rotatable bonds is 5. The Bertz CT molecular complexity index is 520. The fraction of sp³-hybridized carbons (Fsp3) is 0.800. The van der Waals surface area contributed by atoms with Crippen LogP contribution < -0.4 is 0 Å². The van der Waals surface area contributed by atoms with Gasteiger partial charge in [0.2, 0.25) is 5.91 Å². The fourth-order valence-corrected chi connectivity index (χ4v) is 5.06. The number of methoxy groups -OCH3 is 1. The third kappa shape index (κ3) is 3.67. The van der Waals surface area contributed by atoms with Gasteiger partial charge in [-0.05, 0) is 25.7 Å². The molecule has 3 aliphatic rings. The summed E-state index contributed by atoms with van der Waals surface area (Å²) in [6, 6.07) is 0.645. The van der Waals surface area contributed by atoms with Gasteiger partial charge in [-0.2, -0.15) is 0 Å². The number of hydrogen-bond donors (Lipinski definition) is 0. The van der Waals surface area contributed by atoms with Crippen LogP contribution in [0.15, 0.2) is 12.7 Å². The highest BCUT2D eigenvalue weighted by Gasteiger charge is 2.58. The number of carbonyl (C=O) groups is 2. The Morgan fingerprint density at radius 2 is 1.88 bits per heavy atom. The van der Waals surface area contributed by atoms with Crippen molar-refractivity contribution in [1.29, 1.82) is 0 Å². The summed E-state index contributed by atoms with van der Waals surface area (Å²) in [7, 11) is 1.40. The molecule has 1 amide bonds. The molecule has 2 aliphatic heterocycles. The fourth-order valence-electron chi connectivity index (χ4n) is 5.06. The minimum atomic E-state index is -0.575. The van der Waals surface area contributed by atoms with Crippen molar-refractivity contribution in [1.82, 2.24) is 9.96 Å². The molecule has 1 atom stereocenters. The van der Waals surface area contributed by atoms with Gasteiger partial charge in [0.05, 0.1) is 25.2 Å². The van der Waals surface area contributed by atoms with E-state index in [1.165, 1.54) is 50.7 Å². The highest BCUT2D eigenvalue weighted by Crippen LogP contribution is 2.45. The Balaban J connectivity index is 1.74. The van der Waals surface area contributed by atoms with E-state index in [9.17, 15) is 9.59 Å². The van der Waals surface area contributed by atoms with E-state index in [1.54, 1.807) is 6.08 Å². The number of carbonyl (C=O) groups excluding carboxylic acids is 2. The van der Waals surface area contributed by atoms with Crippen molar-refractivity contribution in [2.45, 2.75) is 69.4 Å². The smallest absolute Gasteiger partial charge is 0.311 e. The highest BCUT2D eigenvalue weighted by molar-refractivity contribution is 5.88. The van der Waals surface area contributed by atoms with E-state index in [1.807, 2.05) is 0 Å². The van der Waals surface area contributed by atoms with Crippen molar-refractivity contribution in [3.8, 4) is 0 Å². The maximum Gasteiger partial charge on any atom is 0.311 e. The molecule has 0 aromatic rings. The molecule has 1 unspecified atom stereocenters. The Morgan fingerprint density at radius 1 is 1.23 bits per heavy atom. The average molecular weight is 364 g/mol. The van der Waals surface area contributed by atoms with Crippen LogP contribution >= 0.6 is 0 Å². The van der Waals surface area contributed by atoms with Gasteiger partial charge in [-0.15, -0.1) is 6.58 Å². The van der Waals surface area contributed by atoms with Crippen LogP contribution in [0.25, 0.3) is 0 Å². The predicted octanol–water partition coefficient (Wildman–Crippen LogP) is 2.68. The molecule has 6 heteroatoms. The first-order valence-corrected chi connectivity index (χ1v) is 10.0. The summed E-state index contributed by atoms with van der Waals surface area (Å²) < 4.78 is 5.02. The lowest BCUT2D eigenvalue weighted by atomic mass is 9.77. The molecule has 1 saturated carbocycles. The Morgan fingerprint density at radius 3 is 2.46 bits per heavy atom. The molecule has 2 saturated heterocycles. The molecule has 0 aromatic heterocycles. The zero-order valence-corrected chi connectivity index (χ0v) is 16.0. The predicted molar refractivity (Wildman–Crippen MR) is 98.1 cm³/mol. The molecule has 0 radical (unpaired) electrons. The van der Waals surface area contributed by atoms with Crippen molar-refractivity contribution in [3.05, 3.63) is 12.7 Å². The summed E-state index contributed by atoms with van der Waals surface area (Å²) in [6.45, 7) is 5.75. The number of nitrogens with zero attached hydrogens (tertiary/aromatic N) is 2. The van der Waals surface area contributed by atoms with E-state index in [-0.39, 0.29) is 24.9 Å². The maximum absolute atomic E-state index is 12.6. The number of hydroxylamine groups is 2. The molecule has 1 spiro atoms. The van der Waals surface area contributed by atoms with E-state index in [4.69, 9.17) is 9.57 Å². The monoisotopic (exact) mass is 364 g/mol. The van der Waals surface area contributed by atoms with E-state index < -0.39 is 11.5 Å². The van der Waals surface area contributed by atoms with Gasteiger partial charge in [0.15, 0.2) is 0 Å². The molecular weight excluding hydrogens is 332 g/mol. The van der Waals surface area contributed by atoms with Crippen molar-refractivity contribution in [2.75, 3.05) is 26.8 Å². The highest BCUT2D eigenvalue weighted by atomic mass is 16.7. The van der Waals surface area contributed by atoms with Gasteiger partial charge >= 0.3 is 5.97 Å². The summed E-state index contributed by atoms with van der Waals surface area (Å²) in [4.78, 5) is 33.2. The summed E-state index contributed by atoms with van der Waals surface area (Å²) in [5.41, 5.74) is -0.575. The van der Waals surface area contributed by atoms with E-state index in [0.717, 1.165) is 25.9 Å². The number of hydrogen-bond acceptors (Lipinski definition) is 5. The minimum Gasteiger partial charge on any atom is -0.469 e. The normalized spacial score (nSPS) is 27.5. The molecule has 1 aliphatic carbocycles. The van der Waals surface area contributed by atoms with Gasteiger partial charge in [-0.3, -0.25) is 14.4 Å². The van der Waals surface area contributed by atoms with Gasteiger partial charge in [0, 0.05) is 25.6 Å². The van der Waals surface area contributed by atoms with Crippen molar-refractivity contribution < 1.29 is 19.2 Å². The van der Waals surface area contributed by atoms with Crippen LogP contribution in [-0.2, 0) is 19.2 Å². The lowest BCUT2D eigenvalue weighted by molar-refractivity contribution is -0.218. The van der Waals surface area contributed by atoms with E-state index in [2.05, 4.69) is 11.5 Å². The van der Waals surface area contributed by atoms with E-state index >= 15 is 0 Å². The van der Waals surface area contributed by atoms with Gasteiger partial charge < -0.3 is 9.64 Å². The Kier molecular flexibility index (Phi) is 6.35. The summed E-state index contributed by atoms with van der Waals surface area (Å²) >= 11 is 0. The molecule has 3 fully saturated rings. The summed E-state index contributed by atoms with van der Waals surface area (Å²) in [5, 5.41) is 1.49. The molecule has 3 rings (SSSR count). The SMILES string of the molecule is C=CCON1C(=O)CC(C(=O)OC)C12CCN(C1CCCCCC1)CC2. The Hall–Kier alpha value is -1.40. The standard InChI is InChI=1S/C20H32N2O4/c1-3-14-26-22-18(23)15-17(19(24)25-2)20(22)10-12-21(13-11-20)16-8-6-4-5-7-9-16/h3,16-17H,1,4-15H2,2H3. The van der Waals surface area contributed by atoms with Crippen LogP contribution in [0.4, 0.5) is 0 Å². The first-order chi connectivity index (χ1) is 12.6. The summed E-state index contributed by atoms with van der Waals surface area (Å²) in [5.74, 6) is -0.864. The number of amides is 1. The molecule has 146 valence electrons. The van der Waals surface area contributed by atoms with Crippen LogP contribution in [0.5, 0.6) is 0 Å². The van der Waals surface area contributed by atoms with Gasteiger partial charge in [0.1, 0.15) is 0 Å². The lowest BCUT2D eigenvalue weighted by Crippen LogP contribution is -2.58. The molecule has 0 bridgehead atoms. The third-order valence-corrected chi connectivity index (χ3v) is 6.47. The zero-order chi connectivity index (χ0) is 18.6. The molecule has 2 heterocycles. The second kappa shape index (κ2) is 8.53. The third-order valence-electron chi connectivity index (χ3n) is 6.47. The van der Waals surface area contributed by atoms with Crippen molar-refractivity contribution in [2.24, 2.45) is 5.92 Å². The topological polar surface area (TPSA) is 59.1 Å².